The molecule has 0 aromatic rings. The van der Waals surface area contributed by atoms with Gasteiger partial charge in [-0.2, -0.15) is 0 Å². The number of rotatable bonds is 3. The van der Waals surface area contributed by atoms with Crippen LogP contribution in [0.1, 0.15) is 12.8 Å². The molecular formula is C10H19NO2. The van der Waals surface area contributed by atoms with E-state index in [4.69, 9.17) is 9.47 Å². The van der Waals surface area contributed by atoms with Crippen molar-refractivity contribution in [1.29, 1.82) is 0 Å². The lowest BCUT2D eigenvalue weighted by Crippen LogP contribution is -2.40. The first kappa shape index (κ1) is 9.44. The molecule has 2 rings (SSSR count). The van der Waals surface area contributed by atoms with Crippen LogP contribution in [0.2, 0.25) is 0 Å². The highest BCUT2D eigenvalue weighted by molar-refractivity contribution is 4.92. The third-order valence-corrected chi connectivity index (χ3v) is 3.46. The summed E-state index contributed by atoms with van der Waals surface area (Å²) in [5, 5.41) is 3.29. The van der Waals surface area contributed by atoms with Crippen LogP contribution in [-0.4, -0.2) is 40.0 Å². The Kier molecular flexibility index (Phi) is 2.86. The van der Waals surface area contributed by atoms with Gasteiger partial charge in [-0.1, -0.05) is 0 Å². The molecule has 2 heterocycles. The van der Waals surface area contributed by atoms with Crippen molar-refractivity contribution in [3.8, 4) is 0 Å². The zero-order chi connectivity index (χ0) is 9.15. The van der Waals surface area contributed by atoms with E-state index in [1.807, 2.05) is 7.05 Å². The third-order valence-electron chi connectivity index (χ3n) is 3.46. The van der Waals surface area contributed by atoms with Crippen LogP contribution in [-0.2, 0) is 9.47 Å². The summed E-state index contributed by atoms with van der Waals surface area (Å²) in [6.45, 7) is 4.79. The maximum atomic E-state index is 5.53. The van der Waals surface area contributed by atoms with Crippen LogP contribution < -0.4 is 5.32 Å². The summed E-state index contributed by atoms with van der Waals surface area (Å²) >= 11 is 0. The van der Waals surface area contributed by atoms with Gasteiger partial charge < -0.3 is 14.8 Å². The van der Waals surface area contributed by atoms with E-state index in [-0.39, 0.29) is 0 Å². The van der Waals surface area contributed by atoms with Gasteiger partial charge in [0.1, 0.15) is 0 Å². The Bertz CT molecular complexity index is 160. The Morgan fingerprint density at radius 1 is 1.38 bits per heavy atom. The molecule has 3 nitrogen and oxygen atoms in total. The van der Waals surface area contributed by atoms with Crippen molar-refractivity contribution in [3.63, 3.8) is 0 Å². The third kappa shape index (κ3) is 1.73. The van der Waals surface area contributed by atoms with Crippen molar-refractivity contribution in [2.24, 2.45) is 11.3 Å². The largest absolute Gasteiger partial charge is 0.381 e. The second-order valence-electron chi connectivity index (χ2n) is 4.26. The number of ether oxygens (including phenoxy) is 2. The Balaban J connectivity index is 2.02. The molecule has 2 aliphatic rings. The molecule has 2 atom stereocenters. The number of nitrogens with one attached hydrogen (secondary N) is 1. The van der Waals surface area contributed by atoms with Crippen molar-refractivity contribution in [2.75, 3.05) is 40.0 Å². The van der Waals surface area contributed by atoms with E-state index in [2.05, 4.69) is 5.32 Å². The zero-order valence-corrected chi connectivity index (χ0v) is 8.34. The van der Waals surface area contributed by atoms with E-state index < -0.39 is 0 Å². The summed E-state index contributed by atoms with van der Waals surface area (Å²) in [6, 6.07) is 0. The Morgan fingerprint density at radius 2 is 2.31 bits per heavy atom. The summed E-state index contributed by atoms with van der Waals surface area (Å²) in [6.07, 6.45) is 2.41. The highest BCUT2D eigenvalue weighted by Gasteiger charge is 2.43. The maximum absolute atomic E-state index is 5.53. The van der Waals surface area contributed by atoms with Crippen molar-refractivity contribution in [1.82, 2.24) is 5.32 Å². The van der Waals surface area contributed by atoms with Gasteiger partial charge in [-0.05, 0) is 25.8 Å². The highest BCUT2D eigenvalue weighted by atomic mass is 16.5. The van der Waals surface area contributed by atoms with E-state index in [1.165, 1.54) is 12.8 Å². The van der Waals surface area contributed by atoms with Crippen LogP contribution in [0.4, 0.5) is 0 Å². The minimum atomic E-state index is 0.366. The molecule has 2 unspecified atom stereocenters. The lowest BCUT2D eigenvalue weighted by molar-refractivity contribution is 0.0904. The van der Waals surface area contributed by atoms with Gasteiger partial charge >= 0.3 is 0 Å². The molecule has 2 fully saturated rings. The molecule has 0 radical (unpaired) electrons. The summed E-state index contributed by atoms with van der Waals surface area (Å²) in [5.41, 5.74) is 0.366. The second-order valence-corrected chi connectivity index (χ2v) is 4.26. The minimum Gasteiger partial charge on any atom is -0.381 e. The molecule has 13 heavy (non-hydrogen) atoms. The smallest absolute Gasteiger partial charge is 0.0538 e. The molecule has 2 aliphatic heterocycles. The van der Waals surface area contributed by atoms with E-state index in [0.717, 1.165) is 33.0 Å². The maximum Gasteiger partial charge on any atom is 0.0538 e. The Morgan fingerprint density at radius 3 is 2.85 bits per heavy atom. The first-order valence-corrected chi connectivity index (χ1v) is 5.17. The second kappa shape index (κ2) is 3.95. The zero-order valence-electron chi connectivity index (χ0n) is 8.34. The quantitative estimate of drug-likeness (QED) is 0.700. The van der Waals surface area contributed by atoms with Crippen LogP contribution in [0.15, 0.2) is 0 Å². The van der Waals surface area contributed by atoms with Gasteiger partial charge in [0.15, 0.2) is 0 Å². The van der Waals surface area contributed by atoms with Crippen LogP contribution in [0.5, 0.6) is 0 Å². The molecule has 0 spiro atoms. The van der Waals surface area contributed by atoms with Gasteiger partial charge in [0, 0.05) is 25.2 Å². The van der Waals surface area contributed by atoms with Crippen LogP contribution in [0.3, 0.4) is 0 Å². The van der Waals surface area contributed by atoms with Crippen molar-refractivity contribution in [2.45, 2.75) is 12.8 Å². The lowest BCUT2D eigenvalue weighted by atomic mass is 9.74. The average Bonchev–Trinajstić information content (AvgIpc) is 2.73. The number of hydrogen-bond donors (Lipinski definition) is 1. The molecule has 76 valence electrons. The molecule has 3 heteroatoms. The van der Waals surface area contributed by atoms with Gasteiger partial charge in [-0.3, -0.25) is 0 Å². The van der Waals surface area contributed by atoms with E-state index in [9.17, 15) is 0 Å². The predicted octanol–water partition coefficient (Wildman–Crippen LogP) is 0.649. The van der Waals surface area contributed by atoms with Gasteiger partial charge in [-0.15, -0.1) is 0 Å². The molecular weight excluding hydrogens is 166 g/mol. The fourth-order valence-electron chi connectivity index (χ4n) is 2.60. The van der Waals surface area contributed by atoms with Crippen molar-refractivity contribution in [3.05, 3.63) is 0 Å². The molecule has 0 saturated carbocycles. The Hall–Kier alpha value is -0.120. The molecule has 1 N–H and O–H groups in total. The van der Waals surface area contributed by atoms with Crippen LogP contribution in [0, 0.1) is 11.3 Å². The summed E-state index contributed by atoms with van der Waals surface area (Å²) in [4.78, 5) is 0. The monoisotopic (exact) mass is 185 g/mol. The topological polar surface area (TPSA) is 30.5 Å². The standard InChI is InChI=1S/C10H19NO2/c1-11-7-10(3-5-13-8-10)9-2-4-12-6-9/h9,11H,2-8H2,1H3. The van der Waals surface area contributed by atoms with E-state index in [0.29, 0.717) is 11.3 Å². The Labute approximate surface area is 79.8 Å². The van der Waals surface area contributed by atoms with E-state index in [1.54, 1.807) is 0 Å². The fraction of sp³-hybridized carbons (Fsp3) is 1.00. The van der Waals surface area contributed by atoms with Gasteiger partial charge in [-0.25, -0.2) is 0 Å². The predicted molar refractivity (Wildman–Crippen MR) is 50.7 cm³/mol. The van der Waals surface area contributed by atoms with Gasteiger partial charge in [0.05, 0.1) is 13.2 Å². The summed E-state index contributed by atoms with van der Waals surface area (Å²) < 4.78 is 11.0. The molecule has 0 aromatic heterocycles. The average molecular weight is 185 g/mol. The summed E-state index contributed by atoms with van der Waals surface area (Å²) in [7, 11) is 2.02. The minimum absolute atomic E-state index is 0.366. The molecule has 0 aromatic carbocycles. The fourth-order valence-corrected chi connectivity index (χ4v) is 2.60. The van der Waals surface area contributed by atoms with Crippen LogP contribution in [0.25, 0.3) is 0 Å². The SMILES string of the molecule is CNCC1(C2CCOC2)CCOC1. The molecule has 0 amide bonds. The van der Waals surface area contributed by atoms with Crippen molar-refractivity contribution >= 4 is 0 Å². The number of hydrogen-bond acceptors (Lipinski definition) is 3. The van der Waals surface area contributed by atoms with Crippen LogP contribution >= 0.6 is 0 Å². The molecule has 2 saturated heterocycles. The normalized spacial score (nSPS) is 39.9. The van der Waals surface area contributed by atoms with Gasteiger partial charge in [0.2, 0.25) is 0 Å². The van der Waals surface area contributed by atoms with Gasteiger partial charge in [0.25, 0.3) is 0 Å². The molecule has 0 aliphatic carbocycles. The highest BCUT2D eigenvalue weighted by Crippen LogP contribution is 2.40. The first-order chi connectivity index (χ1) is 6.37. The molecule has 0 bridgehead atoms. The lowest BCUT2D eigenvalue weighted by Gasteiger charge is -2.32. The first-order valence-electron chi connectivity index (χ1n) is 5.17. The van der Waals surface area contributed by atoms with Crippen molar-refractivity contribution < 1.29 is 9.47 Å². The van der Waals surface area contributed by atoms with E-state index >= 15 is 0 Å². The summed E-state index contributed by atoms with van der Waals surface area (Å²) in [5.74, 6) is 0.711.